The number of aryl methyl sites for hydroxylation is 1. The zero-order valence-corrected chi connectivity index (χ0v) is 19.7. The lowest BCUT2D eigenvalue weighted by atomic mass is 10.1. The van der Waals surface area contributed by atoms with E-state index in [1.165, 1.54) is 0 Å². The molecule has 0 bridgehead atoms. The minimum Gasteiger partial charge on any atom is -0.480 e. The number of rotatable bonds is 7. The molecule has 180 valence electrons. The fraction of sp³-hybridized carbons (Fsp3) is 0.391. The van der Waals surface area contributed by atoms with Crippen LogP contribution in [0.3, 0.4) is 0 Å². The molecule has 0 unspecified atom stereocenters. The average molecular weight is 487 g/mol. The molecule has 34 heavy (non-hydrogen) atoms. The lowest BCUT2D eigenvalue weighted by molar-refractivity contribution is -0.137. The number of carboxylic acids is 1. The fourth-order valence-corrected chi connectivity index (χ4v) is 4.05. The summed E-state index contributed by atoms with van der Waals surface area (Å²) in [4.78, 5) is 45.0. The number of hydrogen-bond donors (Lipinski definition) is 2. The van der Waals surface area contributed by atoms with Crippen molar-refractivity contribution < 1.29 is 9.90 Å². The molecule has 1 aliphatic heterocycles. The van der Waals surface area contributed by atoms with Crippen LogP contribution in [0.4, 0.5) is 5.95 Å². The van der Waals surface area contributed by atoms with Gasteiger partial charge in [0.1, 0.15) is 6.54 Å². The number of benzene rings is 1. The van der Waals surface area contributed by atoms with Gasteiger partial charge in [0.15, 0.2) is 11.2 Å². The maximum Gasteiger partial charge on any atom is 0.333 e. The van der Waals surface area contributed by atoms with Gasteiger partial charge in [0.25, 0.3) is 5.56 Å². The van der Waals surface area contributed by atoms with Crippen molar-refractivity contribution in [3.8, 4) is 11.8 Å². The third-order valence-corrected chi connectivity index (χ3v) is 5.67. The van der Waals surface area contributed by atoms with E-state index in [1.807, 2.05) is 35.2 Å². The highest BCUT2D eigenvalue weighted by Crippen LogP contribution is 2.20. The van der Waals surface area contributed by atoms with Gasteiger partial charge in [-0.1, -0.05) is 36.3 Å². The molecule has 0 atom stereocenters. The Balaban J connectivity index is 0.00000324. The molecule has 11 heteroatoms. The number of nitrogens with one attached hydrogen (secondary N) is 1. The number of nitrogens with zero attached hydrogens (tertiary/aromatic N) is 5. The standard InChI is InChI=1S/C23H26N6O4.ClH/c1-2-3-12-27-19-20(25-22(27)26-14-10-24-11-15-26)29(16-18(30)31)23(33)28(21(19)32)13-9-17-7-5-4-6-8-17;/h4-8,24H,9-16H2,1H3,(H,30,31);1H. The quantitative estimate of drug-likeness (QED) is 0.468. The Kier molecular flexibility index (Phi) is 8.15. The molecule has 0 spiro atoms. The van der Waals surface area contributed by atoms with E-state index < -0.39 is 23.8 Å². The Labute approximate surface area is 202 Å². The molecule has 4 rings (SSSR count). The number of aliphatic carboxylic acids is 1. The lowest BCUT2D eigenvalue weighted by Crippen LogP contribution is -2.44. The Hall–Kier alpha value is -3.55. The minimum absolute atomic E-state index is 0. The van der Waals surface area contributed by atoms with Crippen molar-refractivity contribution >= 4 is 35.5 Å². The van der Waals surface area contributed by atoms with Crippen molar-refractivity contribution in [3.05, 3.63) is 56.7 Å². The normalized spacial score (nSPS) is 13.3. The van der Waals surface area contributed by atoms with E-state index in [9.17, 15) is 19.5 Å². The van der Waals surface area contributed by atoms with E-state index in [0.29, 0.717) is 25.5 Å². The Morgan fingerprint density at radius 1 is 1.12 bits per heavy atom. The Morgan fingerprint density at radius 2 is 1.82 bits per heavy atom. The molecule has 2 aromatic heterocycles. The summed E-state index contributed by atoms with van der Waals surface area (Å²) in [6.07, 6.45) is 0.460. The number of aromatic nitrogens is 4. The molecule has 0 radical (unpaired) electrons. The minimum atomic E-state index is -1.18. The largest absolute Gasteiger partial charge is 0.480 e. The molecule has 10 nitrogen and oxygen atoms in total. The summed E-state index contributed by atoms with van der Waals surface area (Å²) in [7, 11) is 0. The van der Waals surface area contributed by atoms with Crippen molar-refractivity contribution in [2.24, 2.45) is 0 Å². The highest BCUT2D eigenvalue weighted by molar-refractivity contribution is 5.85. The summed E-state index contributed by atoms with van der Waals surface area (Å²) < 4.78 is 3.89. The molecule has 3 aromatic rings. The van der Waals surface area contributed by atoms with Crippen LogP contribution in [0, 0.1) is 11.8 Å². The first-order valence-electron chi connectivity index (χ1n) is 10.9. The van der Waals surface area contributed by atoms with E-state index in [0.717, 1.165) is 27.8 Å². The van der Waals surface area contributed by atoms with Crippen LogP contribution in [0.15, 0.2) is 39.9 Å². The van der Waals surface area contributed by atoms with Crippen molar-refractivity contribution in [2.45, 2.75) is 33.0 Å². The molecular formula is C23H27ClN6O4. The highest BCUT2D eigenvalue weighted by atomic mass is 35.5. The van der Waals surface area contributed by atoms with Crippen LogP contribution < -0.4 is 21.5 Å². The maximum atomic E-state index is 13.6. The van der Waals surface area contributed by atoms with Crippen LogP contribution in [0.1, 0.15) is 12.5 Å². The number of halogens is 1. The monoisotopic (exact) mass is 486 g/mol. The van der Waals surface area contributed by atoms with Gasteiger partial charge in [-0.05, 0) is 18.9 Å². The molecule has 1 aliphatic rings. The molecule has 1 saturated heterocycles. The van der Waals surface area contributed by atoms with Crippen molar-refractivity contribution in [1.82, 2.24) is 24.0 Å². The first kappa shape index (κ1) is 25.1. The number of piperazine rings is 1. The van der Waals surface area contributed by atoms with E-state index in [4.69, 9.17) is 0 Å². The smallest absolute Gasteiger partial charge is 0.333 e. The maximum absolute atomic E-state index is 13.6. The molecule has 0 aliphatic carbocycles. The summed E-state index contributed by atoms with van der Waals surface area (Å²) in [5, 5.41) is 12.7. The van der Waals surface area contributed by atoms with Gasteiger partial charge in [0, 0.05) is 32.7 Å². The molecule has 3 heterocycles. The van der Waals surface area contributed by atoms with Gasteiger partial charge < -0.3 is 15.3 Å². The van der Waals surface area contributed by atoms with Crippen LogP contribution >= 0.6 is 12.4 Å². The number of anilines is 1. The number of imidazole rings is 1. The molecule has 0 amide bonds. The fourth-order valence-electron chi connectivity index (χ4n) is 4.05. The van der Waals surface area contributed by atoms with E-state index >= 15 is 0 Å². The zero-order chi connectivity index (χ0) is 23.4. The summed E-state index contributed by atoms with van der Waals surface area (Å²) in [6, 6.07) is 9.52. The number of carbonyl (C=O) groups is 1. The number of fused-ring (bicyclic) bond motifs is 1. The van der Waals surface area contributed by atoms with Crippen LogP contribution in [-0.4, -0.2) is 55.9 Å². The van der Waals surface area contributed by atoms with Gasteiger partial charge in [-0.25, -0.2) is 4.79 Å². The molecular weight excluding hydrogens is 460 g/mol. The topological polar surface area (TPSA) is 114 Å². The number of hydrogen-bond acceptors (Lipinski definition) is 6. The van der Waals surface area contributed by atoms with Crippen LogP contribution in [-0.2, 0) is 30.8 Å². The van der Waals surface area contributed by atoms with Crippen molar-refractivity contribution in [2.75, 3.05) is 31.1 Å². The summed E-state index contributed by atoms with van der Waals surface area (Å²) in [6.45, 7) is 4.33. The summed E-state index contributed by atoms with van der Waals surface area (Å²) in [5.74, 6) is 5.16. The third-order valence-electron chi connectivity index (χ3n) is 5.67. The SMILES string of the molecule is CC#CCn1c(N2CCNCC2)nc2c1c(=O)n(CCc1ccccc1)c(=O)n2CC(=O)O.Cl. The average Bonchev–Trinajstić information content (AvgIpc) is 3.21. The second kappa shape index (κ2) is 11.0. The predicted molar refractivity (Wildman–Crippen MR) is 132 cm³/mol. The molecule has 0 saturated carbocycles. The second-order valence-corrected chi connectivity index (χ2v) is 7.79. The molecule has 1 aromatic carbocycles. The van der Waals surface area contributed by atoms with Gasteiger partial charge in [-0.3, -0.25) is 23.3 Å². The lowest BCUT2D eigenvalue weighted by Gasteiger charge is -2.28. The van der Waals surface area contributed by atoms with Crippen LogP contribution in [0.2, 0.25) is 0 Å². The Morgan fingerprint density at radius 3 is 2.47 bits per heavy atom. The molecule has 2 N–H and O–H groups in total. The Bertz CT molecular complexity index is 1340. The van der Waals surface area contributed by atoms with Gasteiger partial charge in [0.05, 0.1) is 6.54 Å². The third kappa shape index (κ3) is 5.00. The first-order valence-corrected chi connectivity index (χ1v) is 10.9. The van der Waals surface area contributed by atoms with Gasteiger partial charge >= 0.3 is 11.7 Å². The van der Waals surface area contributed by atoms with Crippen molar-refractivity contribution in [3.63, 3.8) is 0 Å². The summed E-state index contributed by atoms with van der Waals surface area (Å²) >= 11 is 0. The second-order valence-electron chi connectivity index (χ2n) is 7.79. The van der Waals surface area contributed by atoms with Crippen molar-refractivity contribution in [1.29, 1.82) is 0 Å². The van der Waals surface area contributed by atoms with Crippen LogP contribution in [0.25, 0.3) is 11.2 Å². The van der Waals surface area contributed by atoms with Crippen LogP contribution in [0.5, 0.6) is 0 Å². The van der Waals surface area contributed by atoms with E-state index in [2.05, 4.69) is 22.1 Å². The first-order chi connectivity index (χ1) is 16.0. The predicted octanol–water partition coefficient (Wildman–Crippen LogP) is 0.542. The highest BCUT2D eigenvalue weighted by Gasteiger charge is 2.25. The summed E-state index contributed by atoms with van der Waals surface area (Å²) in [5.41, 5.74) is 0.0822. The zero-order valence-electron chi connectivity index (χ0n) is 18.9. The van der Waals surface area contributed by atoms with E-state index in [-0.39, 0.29) is 36.7 Å². The molecule has 1 fully saturated rings. The van der Waals surface area contributed by atoms with E-state index in [1.54, 1.807) is 11.5 Å². The van der Waals surface area contributed by atoms with Gasteiger partial charge in [-0.2, -0.15) is 4.98 Å². The number of carboxylic acid groups (broad SMARTS) is 1. The van der Waals surface area contributed by atoms with Gasteiger partial charge in [0.2, 0.25) is 5.95 Å². The van der Waals surface area contributed by atoms with Gasteiger partial charge in [-0.15, -0.1) is 18.3 Å².